The number of carboxylic acid groups (broad SMARTS) is 1. The zero-order chi connectivity index (χ0) is 13.9. The van der Waals surface area contributed by atoms with E-state index in [-0.39, 0.29) is 5.69 Å². The van der Waals surface area contributed by atoms with E-state index < -0.39 is 5.97 Å². The normalized spacial score (nSPS) is 10.6. The molecule has 0 radical (unpaired) electrons. The van der Waals surface area contributed by atoms with Gasteiger partial charge in [0.1, 0.15) is 0 Å². The van der Waals surface area contributed by atoms with Crippen molar-refractivity contribution in [3.8, 4) is 0 Å². The molecule has 2 heterocycles. The van der Waals surface area contributed by atoms with E-state index in [0.717, 1.165) is 11.1 Å². The molecule has 0 atom stereocenters. The third kappa shape index (κ3) is 2.48. The van der Waals surface area contributed by atoms with Crippen molar-refractivity contribution < 1.29 is 9.90 Å². The Balaban J connectivity index is 2.00. The van der Waals surface area contributed by atoms with Crippen LogP contribution in [0.1, 0.15) is 15.4 Å². The fourth-order valence-electron chi connectivity index (χ4n) is 2.03. The predicted octanol–water partition coefficient (Wildman–Crippen LogP) is 3.61. The van der Waals surface area contributed by atoms with Crippen LogP contribution in [0.2, 0.25) is 0 Å². The summed E-state index contributed by atoms with van der Waals surface area (Å²) in [5, 5.41) is 15.4. The highest BCUT2D eigenvalue weighted by Crippen LogP contribution is 2.24. The zero-order valence-corrected chi connectivity index (χ0v) is 11.4. The summed E-state index contributed by atoms with van der Waals surface area (Å²) in [5.41, 5.74) is 1.53. The molecule has 0 aliphatic heterocycles. The molecule has 0 bridgehead atoms. The topological polar surface area (TPSA) is 62.2 Å². The first kappa shape index (κ1) is 12.6. The van der Waals surface area contributed by atoms with Gasteiger partial charge in [-0.3, -0.25) is 0 Å². The average molecular weight is 284 g/mol. The van der Waals surface area contributed by atoms with Crippen LogP contribution in [0.25, 0.3) is 10.9 Å². The van der Waals surface area contributed by atoms with Gasteiger partial charge in [0.2, 0.25) is 0 Å². The van der Waals surface area contributed by atoms with E-state index in [1.807, 2.05) is 41.8 Å². The molecule has 0 aliphatic carbocycles. The van der Waals surface area contributed by atoms with E-state index in [1.54, 1.807) is 17.4 Å². The molecule has 3 rings (SSSR count). The van der Waals surface area contributed by atoms with Crippen molar-refractivity contribution >= 4 is 33.9 Å². The number of hydrogen-bond acceptors (Lipinski definition) is 4. The number of nitrogens with one attached hydrogen (secondary N) is 1. The first-order valence-electron chi connectivity index (χ1n) is 6.13. The van der Waals surface area contributed by atoms with Gasteiger partial charge in [0.05, 0.1) is 5.52 Å². The van der Waals surface area contributed by atoms with Gasteiger partial charge in [-0.05, 0) is 23.6 Å². The number of rotatable bonds is 4. The van der Waals surface area contributed by atoms with Gasteiger partial charge in [0, 0.05) is 22.5 Å². The third-order valence-electron chi connectivity index (χ3n) is 2.97. The SMILES string of the molecule is O=C(O)c1cc(NCc2cccs2)c2ccccc2n1. The first-order valence-corrected chi connectivity index (χ1v) is 7.01. The number of thiophene rings is 1. The third-order valence-corrected chi connectivity index (χ3v) is 3.84. The fraction of sp³-hybridized carbons (Fsp3) is 0.0667. The van der Waals surface area contributed by atoms with Crippen molar-refractivity contribution in [1.29, 1.82) is 0 Å². The Kier molecular flexibility index (Phi) is 3.35. The lowest BCUT2D eigenvalue weighted by Gasteiger charge is -2.09. The van der Waals surface area contributed by atoms with E-state index in [1.165, 1.54) is 4.88 Å². The van der Waals surface area contributed by atoms with E-state index >= 15 is 0 Å². The lowest BCUT2D eigenvalue weighted by atomic mass is 10.1. The largest absolute Gasteiger partial charge is 0.477 e. The fourth-order valence-corrected chi connectivity index (χ4v) is 2.67. The summed E-state index contributed by atoms with van der Waals surface area (Å²) in [6.45, 7) is 0.671. The molecule has 2 N–H and O–H groups in total. The molecule has 0 saturated heterocycles. The molecular weight excluding hydrogens is 272 g/mol. The van der Waals surface area contributed by atoms with E-state index in [0.29, 0.717) is 12.1 Å². The number of fused-ring (bicyclic) bond motifs is 1. The Morgan fingerprint density at radius 1 is 1.25 bits per heavy atom. The Hall–Kier alpha value is -2.40. The molecule has 1 aromatic carbocycles. The molecule has 0 unspecified atom stereocenters. The highest BCUT2D eigenvalue weighted by Gasteiger charge is 2.10. The second-order valence-corrected chi connectivity index (χ2v) is 5.34. The maximum atomic E-state index is 11.1. The summed E-state index contributed by atoms with van der Waals surface area (Å²) in [6, 6.07) is 13.1. The molecule has 0 fully saturated rings. The number of aromatic carboxylic acids is 1. The smallest absolute Gasteiger partial charge is 0.354 e. The van der Waals surface area contributed by atoms with Crippen LogP contribution in [-0.4, -0.2) is 16.1 Å². The van der Waals surface area contributed by atoms with Crippen LogP contribution in [-0.2, 0) is 6.54 Å². The molecule has 5 heteroatoms. The van der Waals surface area contributed by atoms with Gasteiger partial charge in [-0.2, -0.15) is 0 Å². The maximum absolute atomic E-state index is 11.1. The van der Waals surface area contributed by atoms with Crippen LogP contribution in [0.3, 0.4) is 0 Å². The van der Waals surface area contributed by atoms with Crippen molar-refractivity contribution in [1.82, 2.24) is 4.98 Å². The quantitative estimate of drug-likeness (QED) is 0.768. The van der Waals surface area contributed by atoms with Gasteiger partial charge in [-0.1, -0.05) is 24.3 Å². The molecule has 0 saturated carbocycles. The minimum Gasteiger partial charge on any atom is -0.477 e. The summed E-state index contributed by atoms with van der Waals surface area (Å²) in [4.78, 5) is 16.5. The summed E-state index contributed by atoms with van der Waals surface area (Å²) in [6.07, 6.45) is 0. The number of pyridine rings is 1. The molecule has 100 valence electrons. The van der Waals surface area contributed by atoms with Crippen molar-refractivity contribution in [3.05, 3.63) is 58.4 Å². The minimum atomic E-state index is -1.02. The van der Waals surface area contributed by atoms with Gasteiger partial charge in [-0.15, -0.1) is 11.3 Å². The van der Waals surface area contributed by atoms with Crippen molar-refractivity contribution in [2.75, 3.05) is 5.32 Å². The molecule has 2 aromatic heterocycles. The Morgan fingerprint density at radius 2 is 2.10 bits per heavy atom. The average Bonchev–Trinajstić information content (AvgIpc) is 2.97. The van der Waals surface area contributed by atoms with Crippen LogP contribution in [0.5, 0.6) is 0 Å². The number of para-hydroxylation sites is 1. The number of carboxylic acids is 1. The number of anilines is 1. The van der Waals surface area contributed by atoms with Crippen LogP contribution >= 0.6 is 11.3 Å². The van der Waals surface area contributed by atoms with Crippen LogP contribution in [0, 0.1) is 0 Å². The highest BCUT2D eigenvalue weighted by molar-refractivity contribution is 7.09. The Labute approximate surface area is 119 Å². The predicted molar refractivity (Wildman–Crippen MR) is 80.3 cm³/mol. The molecule has 0 aliphatic rings. The lowest BCUT2D eigenvalue weighted by Crippen LogP contribution is -2.04. The zero-order valence-electron chi connectivity index (χ0n) is 10.5. The monoisotopic (exact) mass is 284 g/mol. The number of carbonyl (C=O) groups is 1. The molecule has 0 amide bonds. The van der Waals surface area contributed by atoms with Crippen molar-refractivity contribution in [3.63, 3.8) is 0 Å². The number of benzene rings is 1. The van der Waals surface area contributed by atoms with Crippen LogP contribution in [0.4, 0.5) is 5.69 Å². The highest BCUT2D eigenvalue weighted by atomic mass is 32.1. The van der Waals surface area contributed by atoms with Gasteiger partial charge in [-0.25, -0.2) is 9.78 Å². The summed E-state index contributed by atoms with van der Waals surface area (Å²) >= 11 is 1.66. The maximum Gasteiger partial charge on any atom is 0.354 e. The number of nitrogens with zero attached hydrogens (tertiary/aromatic N) is 1. The number of aromatic nitrogens is 1. The summed E-state index contributed by atoms with van der Waals surface area (Å²) < 4.78 is 0. The standard InChI is InChI=1S/C15H12N2O2S/c18-15(19)14-8-13(16-9-10-4-3-7-20-10)11-5-1-2-6-12(11)17-14/h1-8H,9H2,(H,16,17)(H,18,19). The van der Waals surface area contributed by atoms with Crippen LogP contribution < -0.4 is 5.32 Å². The van der Waals surface area contributed by atoms with Gasteiger partial charge >= 0.3 is 5.97 Å². The summed E-state index contributed by atoms with van der Waals surface area (Å²) in [5.74, 6) is -1.02. The first-order chi connectivity index (χ1) is 9.74. The van der Waals surface area contributed by atoms with Crippen LogP contribution in [0.15, 0.2) is 47.8 Å². The molecule has 20 heavy (non-hydrogen) atoms. The van der Waals surface area contributed by atoms with Crippen molar-refractivity contribution in [2.24, 2.45) is 0 Å². The number of hydrogen-bond donors (Lipinski definition) is 2. The second-order valence-electron chi connectivity index (χ2n) is 4.31. The van der Waals surface area contributed by atoms with Gasteiger partial charge in [0.25, 0.3) is 0 Å². The molecular formula is C15H12N2O2S. The molecule has 4 nitrogen and oxygen atoms in total. The van der Waals surface area contributed by atoms with E-state index in [4.69, 9.17) is 5.11 Å². The second kappa shape index (κ2) is 5.30. The van der Waals surface area contributed by atoms with E-state index in [9.17, 15) is 4.79 Å². The van der Waals surface area contributed by atoms with E-state index in [2.05, 4.69) is 10.3 Å². The lowest BCUT2D eigenvalue weighted by molar-refractivity contribution is 0.0691. The Bertz CT molecular complexity index is 754. The van der Waals surface area contributed by atoms with Gasteiger partial charge < -0.3 is 10.4 Å². The molecule has 0 spiro atoms. The minimum absolute atomic E-state index is 0.0531. The molecule has 3 aromatic rings. The summed E-state index contributed by atoms with van der Waals surface area (Å²) in [7, 11) is 0. The Morgan fingerprint density at radius 3 is 2.85 bits per heavy atom. The van der Waals surface area contributed by atoms with Crippen molar-refractivity contribution in [2.45, 2.75) is 6.54 Å². The van der Waals surface area contributed by atoms with Gasteiger partial charge in [0.15, 0.2) is 5.69 Å².